The largest absolute Gasteiger partial charge is 0.467 e. The maximum Gasteiger partial charge on any atom is 0.328 e. The molecule has 120 valence electrons. The van der Waals surface area contributed by atoms with Crippen molar-refractivity contribution in [2.75, 3.05) is 13.7 Å². The Bertz CT molecular complexity index is 560. The summed E-state index contributed by atoms with van der Waals surface area (Å²) in [6.07, 6.45) is 0. The molecule has 7 heteroatoms. The third-order valence-electron chi connectivity index (χ3n) is 2.93. The third kappa shape index (κ3) is 5.16. The molecule has 0 saturated heterocycles. The zero-order valence-electron chi connectivity index (χ0n) is 12.7. The second-order valence-corrected chi connectivity index (χ2v) is 5.01. The number of amides is 2. The minimum atomic E-state index is -0.788. The molecule has 2 amide bonds. The van der Waals surface area contributed by atoms with Crippen LogP contribution >= 0.6 is 0 Å². The molecule has 0 fully saturated rings. The van der Waals surface area contributed by atoms with E-state index in [9.17, 15) is 18.8 Å². The van der Waals surface area contributed by atoms with Gasteiger partial charge in [0.05, 0.1) is 13.7 Å². The number of nitrogens with one attached hydrogen (secondary N) is 2. The van der Waals surface area contributed by atoms with Gasteiger partial charge in [0.2, 0.25) is 5.91 Å². The van der Waals surface area contributed by atoms with Gasteiger partial charge < -0.3 is 15.4 Å². The molecule has 0 heterocycles. The number of hydrogen-bond donors (Lipinski definition) is 2. The van der Waals surface area contributed by atoms with Crippen molar-refractivity contribution in [3.8, 4) is 0 Å². The fourth-order valence-corrected chi connectivity index (χ4v) is 1.74. The topological polar surface area (TPSA) is 84.5 Å². The highest BCUT2D eigenvalue weighted by Crippen LogP contribution is 2.04. The zero-order valence-corrected chi connectivity index (χ0v) is 12.7. The second-order valence-electron chi connectivity index (χ2n) is 5.01. The van der Waals surface area contributed by atoms with Crippen molar-refractivity contribution in [3.05, 3.63) is 35.6 Å². The molecule has 1 aromatic carbocycles. The molecule has 0 aliphatic carbocycles. The highest BCUT2D eigenvalue weighted by Gasteiger charge is 2.24. The molecule has 0 aliphatic rings. The van der Waals surface area contributed by atoms with Crippen molar-refractivity contribution in [1.82, 2.24) is 10.6 Å². The highest BCUT2D eigenvalue weighted by molar-refractivity contribution is 5.96. The van der Waals surface area contributed by atoms with E-state index >= 15 is 0 Å². The molecule has 0 radical (unpaired) electrons. The van der Waals surface area contributed by atoms with Crippen LogP contribution in [0.1, 0.15) is 24.2 Å². The molecule has 0 aromatic heterocycles. The number of benzene rings is 1. The van der Waals surface area contributed by atoms with Crippen LogP contribution in [0.2, 0.25) is 0 Å². The van der Waals surface area contributed by atoms with Gasteiger partial charge in [0, 0.05) is 5.56 Å². The molecule has 2 N–H and O–H groups in total. The fraction of sp³-hybridized carbons (Fsp3) is 0.400. The predicted molar refractivity (Wildman–Crippen MR) is 77.5 cm³/mol. The van der Waals surface area contributed by atoms with E-state index in [1.165, 1.54) is 25.3 Å². The van der Waals surface area contributed by atoms with Crippen molar-refractivity contribution in [3.63, 3.8) is 0 Å². The normalized spacial score (nSPS) is 11.7. The summed E-state index contributed by atoms with van der Waals surface area (Å²) in [5.41, 5.74) is 0.112. The lowest BCUT2D eigenvalue weighted by Gasteiger charge is -2.19. The molecule has 0 bridgehead atoms. The monoisotopic (exact) mass is 310 g/mol. The molecule has 1 unspecified atom stereocenters. The van der Waals surface area contributed by atoms with E-state index in [-0.39, 0.29) is 18.0 Å². The van der Waals surface area contributed by atoms with Crippen LogP contribution in [-0.4, -0.2) is 37.5 Å². The van der Waals surface area contributed by atoms with Crippen molar-refractivity contribution in [1.29, 1.82) is 0 Å². The standard InChI is InChI=1S/C15H19FN2O4/c1-9(2)13(15(21)22-3)18-12(19)8-17-14(20)10-5-4-6-11(16)7-10/h4-7,9,13H,8H2,1-3H3,(H,17,20)(H,18,19). The third-order valence-corrected chi connectivity index (χ3v) is 2.93. The summed E-state index contributed by atoms with van der Waals surface area (Å²) in [4.78, 5) is 35.1. The first-order valence-electron chi connectivity index (χ1n) is 6.76. The van der Waals surface area contributed by atoms with Crippen molar-refractivity contribution >= 4 is 17.8 Å². The Hall–Kier alpha value is -2.44. The van der Waals surface area contributed by atoms with Gasteiger partial charge in [0.25, 0.3) is 5.91 Å². The lowest BCUT2D eigenvalue weighted by molar-refractivity contribution is -0.146. The van der Waals surface area contributed by atoms with Gasteiger partial charge in [0.1, 0.15) is 11.9 Å². The minimum Gasteiger partial charge on any atom is -0.467 e. The molecule has 0 spiro atoms. The van der Waals surface area contributed by atoms with Crippen LogP contribution in [-0.2, 0) is 14.3 Å². The number of esters is 1. The van der Waals surface area contributed by atoms with E-state index in [4.69, 9.17) is 0 Å². The van der Waals surface area contributed by atoms with Gasteiger partial charge in [-0.3, -0.25) is 9.59 Å². The summed E-state index contributed by atoms with van der Waals surface area (Å²) in [6, 6.07) is 4.33. The first-order valence-corrected chi connectivity index (χ1v) is 6.76. The summed E-state index contributed by atoms with van der Waals surface area (Å²) < 4.78 is 17.6. The number of ether oxygens (including phenoxy) is 1. The lowest BCUT2D eigenvalue weighted by atomic mass is 10.0. The molecular formula is C15H19FN2O4. The van der Waals surface area contributed by atoms with Crippen LogP contribution in [0.4, 0.5) is 4.39 Å². The summed E-state index contributed by atoms with van der Waals surface area (Å²) >= 11 is 0. The maximum atomic E-state index is 13.0. The van der Waals surface area contributed by atoms with Crippen molar-refractivity contribution in [2.45, 2.75) is 19.9 Å². The van der Waals surface area contributed by atoms with E-state index in [1.807, 2.05) is 0 Å². The van der Waals surface area contributed by atoms with Crippen LogP contribution in [0.5, 0.6) is 0 Å². The highest BCUT2D eigenvalue weighted by atomic mass is 19.1. The minimum absolute atomic E-state index is 0.112. The van der Waals surface area contributed by atoms with E-state index in [2.05, 4.69) is 15.4 Å². The Labute approximate surface area is 128 Å². The number of halogens is 1. The molecule has 22 heavy (non-hydrogen) atoms. The Kier molecular flexibility index (Phi) is 6.49. The quantitative estimate of drug-likeness (QED) is 0.764. The van der Waals surface area contributed by atoms with Crippen molar-refractivity contribution < 1.29 is 23.5 Å². The van der Waals surface area contributed by atoms with Crippen molar-refractivity contribution in [2.24, 2.45) is 5.92 Å². The van der Waals surface area contributed by atoms with E-state index in [0.717, 1.165) is 6.07 Å². The SMILES string of the molecule is COC(=O)C(NC(=O)CNC(=O)c1cccc(F)c1)C(C)C. The molecular weight excluding hydrogens is 291 g/mol. The van der Waals surface area contributed by atoms with Gasteiger partial charge in [-0.15, -0.1) is 0 Å². The van der Waals surface area contributed by atoms with Gasteiger partial charge in [-0.05, 0) is 24.1 Å². The molecule has 1 aromatic rings. The maximum absolute atomic E-state index is 13.0. The lowest BCUT2D eigenvalue weighted by Crippen LogP contribution is -2.48. The number of carbonyl (C=O) groups is 3. The van der Waals surface area contributed by atoms with E-state index in [1.54, 1.807) is 13.8 Å². The van der Waals surface area contributed by atoms with E-state index < -0.39 is 29.6 Å². The Morgan fingerprint density at radius 1 is 1.27 bits per heavy atom. The predicted octanol–water partition coefficient (Wildman–Crippen LogP) is 0.869. The summed E-state index contributed by atoms with van der Waals surface area (Å²) in [5.74, 6) is -2.36. The van der Waals surface area contributed by atoms with Crippen LogP contribution in [0, 0.1) is 11.7 Å². The Morgan fingerprint density at radius 2 is 1.95 bits per heavy atom. The van der Waals surface area contributed by atoms with Gasteiger partial charge >= 0.3 is 5.97 Å². The number of carbonyl (C=O) groups excluding carboxylic acids is 3. The summed E-state index contributed by atoms with van der Waals surface area (Å²) in [7, 11) is 1.23. The van der Waals surface area contributed by atoms with Gasteiger partial charge in [0.15, 0.2) is 0 Å². The summed E-state index contributed by atoms with van der Waals surface area (Å²) in [6.45, 7) is 3.19. The average molecular weight is 310 g/mol. The first-order chi connectivity index (χ1) is 10.3. The van der Waals surface area contributed by atoms with Crippen LogP contribution in [0.25, 0.3) is 0 Å². The molecule has 0 saturated carbocycles. The summed E-state index contributed by atoms with van der Waals surface area (Å²) in [5, 5.41) is 4.84. The number of methoxy groups -OCH3 is 1. The Balaban J connectivity index is 2.55. The average Bonchev–Trinajstić information content (AvgIpc) is 2.49. The Morgan fingerprint density at radius 3 is 2.50 bits per heavy atom. The second kappa shape index (κ2) is 8.11. The van der Waals surface area contributed by atoms with Crippen LogP contribution < -0.4 is 10.6 Å². The zero-order chi connectivity index (χ0) is 16.7. The van der Waals surface area contributed by atoms with Gasteiger partial charge in [-0.25, -0.2) is 9.18 Å². The number of rotatable bonds is 6. The smallest absolute Gasteiger partial charge is 0.328 e. The van der Waals surface area contributed by atoms with Gasteiger partial charge in [-0.2, -0.15) is 0 Å². The van der Waals surface area contributed by atoms with Crippen LogP contribution in [0.15, 0.2) is 24.3 Å². The van der Waals surface area contributed by atoms with Crippen LogP contribution in [0.3, 0.4) is 0 Å². The molecule has 1 atom stereocenters. The molecule has 6 nitrogen and oxygen atoms in total. The first kappa shape index (κ1) is 17.6. The molecule has 0 aliphatic heterocycles. The molecule has 1 rings (SSSR count). The van der Waals surface area contributed by atoms with Gasteiger partial charge in [-0.1, -0.05) is 19.9 Å². The number of hydrogen-bond acceptors (Lipinski definition) is 4. The van der Waals surface area contributed by atoms with E-state index in [0.29, 0.717) is 0 Å². The fourth-order valence-electron chi connectivity index (χ4n) is 1.74.